The van der Waals surface area contributed by atoms with E-state index in [-0.39, 0.29) is 29.2 Å². The summed E-state index contributed by atoms with van der Waals surface area (Å²) in [4.78, 5) is 12.8. The molecule has 4 heteroatoms. The van der Waals surface area contributed by atoms with Gasteiger partial charge in [0, 0.05) is 16.7 Å². The van der Waals surface area contributed by atoms with Crippen molar-refractivity contribution in [3.63, 3.8) is 0 Å². The second-order valence-corrected chi connectivity index (χ2v) is 8.49. The second-order valence-electron chi connectivity index (χ2n) is 7.42. The monoisotopic (exact) mass is 297 g/mol. The number of carbonyl (C=O) groups is 1. The Balaban J connectivity index is 1.68. The molecule has 4 bridgehead atoms. The van der Waals surface area contributed by atoms with Crippen LogP contribution in [-0.4, -0.2) is 35.2 Å². The predicted octanol–water partition coefficient (Wildman–Crippen LogP) is 2.43. The fourth-order valence-electron chi connectivity index (χ4n) is 5.28. The highest BCUT2D eigenvalue weighted by Crippen LogP contribution is 2.60. The van der Waals surface area contributed by atoms with E-state index in [1.165, 1.54) is 19.3 Å². The summed E-state index contributed by atoms with van der Waals surface area (Å²) in [5.74, 6) is 2.68. The average Bonchev–Trinajstić information content (AvgIpc) is 2.38. The number of rotatable bonds is 5. The second kappa shape index (κ2) is 5.53. The van der Waals surface area contributed by atoms with Crippen LogP contribution in [0, 0.1) is 23.2 Å². The van der Waals surface area contributed by atoms with Gasteiger partial charge in [0.25, 0.3) is 0 Å². The van der Waals surface area contributed by atoms with Crippen LogP contribution < -0.4 is 5.32 Å². The maximum Gasteiger partial charge on any atom is 0.226 e. The first-order chi connectivity index (χ1) is 9.56. The minimum Gasteiger partial charge on any atom is -0.395 e. The zero-order valence-corrected chi connectivity index (χ0v) is 13.4. The molecule has 0 aromatic heterocycles. The lowest BCUT2D eigenvalue weighted by atomic mass is 9.49. The highest BCUT2D eigenvalue weighted by Gasteiger charge is 2.54. The first-order valence-corrected chi connectivity index (χ1v) is 9.29. The van der Waals surface area contributed by atoms with Gasteiger partial charge in [0.15, 0.2) is 0 Å². The molecule has 0 aromatic rings. The molecule has 4 aliphatic carbocycles. The number of carbonyl (C=O) groups excluding carboxylic acids is 1. The standard InChI is InChI=1S/C16H27NO2S/c1-10(14(9-18)20-2)17-15(19)16-6-11-3-12(7-16)5-13(4-11)8-16/h10-14,18H,3-9H2,1-2H3,(H,17,19). The summed E-state index contributed by atoms with van der Waals surface area (Å²) in [7, 11) is 0. The highest BCUT2D eigenvalue weighted by atomic mass is 32.2. The van der Waals surface area contributed by atoms with Crippen LogP contribution in [0.2, 0.25) is 0 Å². The number of aliphatic hydroxyl groups excluding tert-OH is 1. The first kappa shape index (κ1) is 14.7. The molecule has 1 amide bonds. The minimum absolute atomic E-state index is 0.0514. The molecule has 2 unspecified atom stereocenters. The van der Waals surface area contributed by atoms with E-state index in [9.17, 15) is 9.90 Å². The third kappa shape index (κ3) is 2.50. The fourth-order valence-corrected chi connectivity index (χ4v) is 5.90. The third-order valence-electron chi connectivity index (χ3n) is 5.92. The van der Waals surface area contributed by atoms with Crippen LogP contribution >= 0.6 is 11.8 Å². The Morgan fingerprint density at radius 2 is 1.75 bits per heavy atom. The number of aliphatic hydroxyl groups is 1. The first-order valence-electron chi connectivity index (χ1n) is 8.01. The van der Waals surface area contributed by atoms with E-state index in [4.69, 9.17) is 0 Å². The Kier molecular flexibility index (Phi) is 4.06. The molecule has 0 aliphatic heterocycles. The van der Waals surface area contributed by atoms with Crippen molar-refractivity contribution in [2.45, 2.75) is 56.7 Å². The fraction of sp³-hybridized carbons (Fsp3) is 0.938. The highest BCUT2D eigenvalue weighted by molar-refractivity contribution is 7.99. The number of hydrogen-bond acceptors (Lipinski definition) is 3. The summed E-state index contributed by atoms with van der Waals surface area (Å²) in [6, 6.07) is 0.0514. The molecule has 4 fully saturated rings. The van der Waals surface area contributed by atoms with E-state index < -0.39 is 0 Å². The molecule has 0 saturated heterocycles. The molecule has 4 saturated carbocycles. The summed E-state index contributed by atoms with van der Waals surface area (Å²) in [5, 5.41) is 12.7. The summed E-state index contributed by atoms with van der Waals surface area (Å²) < 4.78 is 0. The largest absolute Gasteiger partial charge is 0.395 e. The lowest BCUT2D eigenvalue weighted by Gasteiger charge is -2.55. The van der Waals surface area contributed by atoms with E-state index in [0.29, 0.717) is 0 Å². The number of thioether (sulfide) groups is 1. The average molecular weight is 297 g/mol. The van der Waals surface area contributed by atoms with Gasteiger partial charge in [-0.3, -0.25) is 4.79 Å². The molecular formula is C16H27NO2S. The van der Waals surface area contributed by atoms with Crippen LogP contribution in [0.1, 0.15) is 45.4 Å². The van der Waals surface area contributed by atoms with Crippen LogP contribution in [0.5, 0.6) is 0 Å². The quantitative estimate of drug-likeness (QED) is 0.819. The van der Waals surface area contributed by atoms with Gasteiger partial charge in [0.1, 0.15) is 0 Å². The molecule has 0 radical (unpaired) electrons. The van der Waals surface area contributed by atoms with Crippen molar-refractivity contribution in [3.05, 3.63) is 0 Å². The lowest BCUT2D eigenvalue weighted by molar-refractivity contribution is -0.146. The van der Waals surface area contributed by atoms with Gasteiger partial charge in [0.05, 0.1) is 6.61 Å². The number of amides is 1. The molecule has 4 aliphatic rings. The Bertz CT molecular complexity index is 345. The van der Waals surface area contributed by atoms with E-state index in [0.717, 1.165) is 37.0 Å². The van der Waals surface area contributed by atoms with Crippen molar-refractivity contribution in [2.75, 3.05) is 12.9 Å². The predicted molar refractivity (Wildman–Crippen MR) is 82.6 cm³/mol. The Hall–Kier alpha value is -0.220. The zero-order valence-electron chi connectivity index (χ0n) is 12.6. The molecule has 0 aromatic carbocycles. The molecule has 3 nitrogen and oxygen atoms in total. The molecule has 0 heterocycles. The van der Waals surface area contributed by atoms with Crippen LogP contribution in [0.15, 0.2) is 0 Å². The summed E-state index contributed by atoms with van der Waals surface area (Å²) >= 11 is 1.63. The van der Waals surface area contributed by atoms with Gasteiger partial charge in [-0.1, -0.05) is 0 Å². The summed E-state index contributed by atoms with van der Waals surface area (Å²) in [6.07, 6.45) is 9.43. The van der Waals surface area contributed by atoms with E-state index in [1.807, 2.05) is 13.2 Å². The summed E-state index contributed by atoms with van der Waals surface area (Å²) in [5.41, 5.74) is -0.0680. The van der Waals surface area contributed by atoms with Crippen molar-refractivity contribution < 1.29 is 9.90 Å². The van der Waals surface area contributed by atoms with Gasteiger partial charge in [0.2, 0.25) is 5.91 Å². The van der Waals surface area contributed by atoms with Gasteiger partial charge in [-0.25, -0.2) is 0 Å². The molecular weight excluding hydrogens is 270 g/mol. The lowest BCUT2D eigenvalue weighted by Crippen LogP contribution is -2.56. The normalized spacial score (nSPS) is 41.5. The van der Waals surface area contributed by atoms with Crippen LogP contribution in [0.4, 0.5) is 0 Å². The van der Waals surface area contributed by atoms with E-state index >= 15 is 0 Å². The maximum atomic E-state index is 12.8. The van der Waals surface area contributed by atoms with Crippen molar-refractivity contribution in [1.82, 2.24) is 5.32 Å². The number of hydrogen-bond donors (Lipinski definition) is 2. The maximum absolute atomic E-state index is 12.8. The van der Waals surface area contributed by atoms with E-state index in [2.05, 4.69) is 5.32 Å². The van der Waals surface area contributed by atoms with Crippen LogP contribution in [-0.2, 0) is 4.79 Å². The molecule has 0 spiro atoms. The van der Waals surface area contributed by atoms with Crippen molar-refractivity contribution in [1.29, 1.82) is 0 Å². The summed E-state index contributed by atoms with van der Waals surface area (Å²) in [6.45, 7) is 2.15. The Labute approximate surface area is 126 Å². The minimum atomic E-state index is -0.0680. The van der Waals surface area contributed by atoms with Gasteiger partial charge < -0.3 is 10.4 Å². The van der Waals surface area contributed by atoms with Crippen molar-refractivity contribution >= 4 is 17.7 Å². The molecule has 4 rings (SSSR count). The topological polar surface area (TPSA) is 49.3 Å². The SMILES string of the molecule is CSC(CO)C(C)NC(=O)C12CC3CC(CC(C3)C1)C2. The Morgan fingerprint density at radius 1 is 1.25 bits per heavy atom. The van der Waals surface area contributed by atoms with Crippen molar-refractivity contribution in [2.24, 2.45) is 23.2 Å². The van der Waals surface area contributed by atoms with Crippen LogP contribution in [0.25, 0.3) is 0 Å². The van der Waals surface area contributed by atoms with Crippen molar-refractivity contribution in [3.8, 4) is 0 Å². The third-order valence-corrected chi connectivity index (χ3v) is 7.08. The van der Waals surface area contributed by atoms with Gasteiger partial charge in [-0.15, -0.1) is 0 Å². The Morgan fingerprint density at radius 3 is 2.15 bits per heavy atom. The van der Waals surface area contributed by atoms with Gasteiger partial charge in [-0.2, -0.15) is 11.8 Å². The van der Waals surface area contributed by atoms with Crippen LogP contribution in [0.3, 0.4) is 0 Å². The molecule has 20 heavy (non-hydrogen) atoms. The number of nitrogens with one attached hydrogen (secondary N) is 1. The van der Waals surface area contributed by atoms with E-state index in [1.54, 1.807) is 11.8 Å². The molecule has 114 valence electrons. The zero-order chi connectivity index (χ0) is 14.3. The smallest absolute Gasteiger partial charge is 0.226 e. The van der Waals surface area contributed by atoms with Gasteiger partial charge in [-0.05, 0) is 69.5 Å². The molecule has 2 atom stereocenters. The molecule has 2 N–H and O–H groups in total. The van der Waals surface area contributed by atoms with Gasteiger partial charge >= 0.3 is 0 Å².